The van der Waals surface area contributed by atoms with Gasteiger partial charge in [0, 0.05) is 11.9 Å². The van der Waals surface area contributed by atoms with Gasteiger partial charge in [-0.05, 0) is 18.5 Å². The maximum atomic E-state index is 11.3. The zero-order valence-corrected chi connectivity index (χ0v) is 12.8. The molecule has 7 heteroatoms. The third-order valence-corrected chi connectivity index (χ3v) is 4.02. The number of nitrogen functional groups attached to an aromatic ring is 1. The Bertz CT molecular complexity index is 603. The number of rotatable bonds is 8. The number of carboxylic acid groups (broad SMARTS) is 1. The highest BCUT2D eigenvalue weighted by Gasteiger charge is 2.22. The van der Waals surface area contributed by atoms with Gasteiger partial charge in [-0.25, -0.2) is 4.98 Å². The molecule has 118 valence electrons. The highest BCUT2D eigenvalue weighted by Crippen LogP contribution is 2.23. The smallest absolute Gasteiger partial charge is 0.312 e. The van der Waals surface area contributed by atoms with E-state index in [-0.39, 0.29) is 0 Å². The van der Waals surface area contributed by atoms with Gasteiger partial charge in [0.25, 0.3) is 0 Å². The molecular weight excluding hydrogens is 302 g/mol. The summed E-state index contributed by atoms with van der Waals surface area (Å²) in [7, 11) is 0. The minimum Gasteiger partial charge on any atom is -0.481 e. The van der Waals surface area contributed by atoms with E-state index in [4.69, 9.17) is 5.73 Å². The Morgan fingerprint density at radius 1 is 1.36 bits per heavy atom. The Morgan fingerprint density at radius 2 is 2.09 bits per heavy atom. The summed E-state index contributed by atoms with van der Waals surface area (Å²) in [4.78, 5) is 15.3. The lowest BCUT2D eigenvalue weighted by molar-refractivity contribution is -0.139. The number of carboxylic acids is 1. The van der Waals surface area contributed by atoms with Crippen LogP contribution in [0.2, 0.25) is 0 Å². The first-order chi connectivity index (χ1) is 10.6. The molecule has 0 aliphatic rings. The average Bonchev–Trinajstić information content (AvgIpc) is 2.93. The number of hydrogen-bond donors (Lipinski definition) is 4. The van der Waals surface area contributed by atoms with E-state index in [9.17, 15) is 15.0 Å². The Hall–Kier alpha value is -1.96. The lowest BCUT2D eigenvalue weighted by Crippen LogP contribution is -2.25. The molecule has 2 aromatic rings. The predicted molar refractivity (Wildman–Crippen MR) is 85.8 cm³/mol. The van der Waals surface area contributed by atoms with Crippen LogP contribution >= 0.6 is 11.3 Å². The Balaban J connectivity index is 1.80. The van der Waals surface area contributed by atoms with Crippen LogP contribution < -0.4 is 11.1 Å². The highest BCUT2D eigenvalue weighted by molar-refractivity contribution is 7.13. The Kier molecular flexibility index (Phi) is 5.88. The van der Waals surface area contributed by atoms with E-state index in [0.29, 0.717) is 30.3 Å². The fourth-order valence-corrected chi connectivity index (χ4v) is 2.75. The van der Waals surface area contributed by atoms with E-state index in [1.165, 1.54) is 11.3 Å². The molecule has 0 aliphatic heterocycles. The largest absolute Gasteiger partial charge is 0.481 e. The lowest BCUT2D eigenvalue weighted by atomic mass is 10.0. The number of aliphatic hydroxyl groups excluding tert-OH is 1. The molecule has 0 amide bonds. The summed E-state index contributed by atoms with van der Waals surface area (Å²) in [6.07, 6.45) is -0.223. The second-order valence-corrected chi connectivity index (χ2v) is 5.81. The Morgan fingerprint density at radius 3 is 2.68 bits per heavy atom. The van der Waals surface area contributed by atoms with Crippen molar-refractivity contribution in [1.82, 2.24) is 10.3 Å². The molecule has 1 aromatic carbocycles. The van der Waals surface area contributed by atoms with Crippen LogP contribution in [0.3, 0.4) is 0 Å². The zero-order chi connectivity index (χ0) is 15.9. The number of hydrogen-bond acceptors (Lipinski definition) is 6. The molecule has 2 atom stereocenters. The van der Waals surface area contributed by atoms with Gasteiger partial charge in [-0.2, -0.15) is 0 Å². The molecule has 0 bridgehead atoms. The van der Waals surface area contributed by atoms with Crippen molar-refractivity contribution in [2.45, 2.75) is 18.4 Å². The van der Waals surface area contributed by atoms with Gasteiger partial charge in [0.05, 0.1) is 11.8 Å². The third kappa shape index (κ3) is 4.52. The van der Waals surface area contributed by atoms with Crippen LogP contribution in [0.15, 0.2) is 35.7 Å². The second kappa shape index (κ2) is 7.88. The number of aliphatic carboxylic acids is 1. The number of anilines is 1. The molecule has 22 heavy (non-hydrogen) atoms. The number of nitrogens with one attached hydrogen (secondary N) is 1. The van der Waals surface area contributed by atoms with Crippen molar-refractivity contribution in [1.29, 1.82) is 0 Å². The molecule has 0 radical (unpaired) electrons. The van der Waals surface area contributed by atoms with E-state index in [2.05, 4.69) is 10.3 Å². The average molecular weight is 321 g/mol. The van der Waals surface area contributed by atoms with Crippen molar-refractivity contribution < 1.29 is 15.0 Å². The number of nitrogens with two attached hydrogens (primary N) is 1. The molecule has 0 aliphatic carbocycles. The van der Waals surface area contributed by atoms with E-state index in [0.717, 1.165) is 5.56 Å². The van der Waals surface area contributed by atoms with Crippen molar-refractivity contribution >= 4 is 22.4 Å². The molecule has 2 rings (SSSR count). The number of aromatic nitrogens is 1. The molecule has 5 N–H and O–H groups in total. The molecule has 6 nitrogen and oxygen atoms in total. The number of aliphatic hydroxyl groups is 1. The van der Waals surface area contributed by atoms with E-state index >= 15 is 0 Å². The van der Waals surface area contributed by atoms with Crippen LogP contribution in [0, 0.1) is 0 Å². The minimum atomic E-state index is -0.921. The molecule has 1 aromatic heterocycles. The monoisotopic (exact) mass is 321 g/mol. The molecule has 0 spiro atoms. The Labute approximate surface area is 132 Å². The van der Waals surface area contributed by atoms with Crippen molar-refractivity contribution in [3.05, 3.63) is 47.0 Å². The third-order valence-electron chi connectivity index (χ3n) is 3.33. The van der Waals surface area contributed by atoms with Gasteiger partial charge in [-0.3, -0.25) is 4.79 Å². The standard InChI is InChI=1S/C15H19N3O3S/c16-15-18-12(9-22-15)11(14(20)21)6-7-17-8-13(19)10-4-2-1-3-5-10/h1-5,9,11,13,17,19H,6-8H2,(H2,16,18)(H,20,21)/t11-,13+/m1/s1. The van der Waals surface area contributed by atoms with Gasteiger partial charge in [-0.1, -0.05) is 30.3 Å². The fourth-order valence-electron chi connectivity index (χ4n) is 2.14. The van der Waals surface area contributed by atoms with Crippen LogP contribution in [-0.2, 0) is 4.79 Å². The van der Waals surface area contributed by atoms with Gasteiger partial charge in [-0.15, -0.1) is 11.3 Å². The summed E-state index contributed by atoms with van der Waals surface area (Å²) in [6, 6.07) is 9.33. The lowest BCUT2D eigenvalue weighted by Gasteiger charge is -2.14. The molecule has 0 unspecified atom stereocenters. The molecular formula is C15H19N3O3S. The number of carbonyl (C=O) groups is 1. The maximum absolute atomic E-state index is 11.3. The quantitative estimate of drug-likeness (QED) is 0.550. The van der Waals surface area contributed by atoms with Crippen LogP contribution in [0.4, 0.5) is 5.13 Å². The van der Waals surface area contributed by atoms with Crippen molar-refractivity contribution in [3.8, 4) is 0 Å². The van der Waals surface area contributed by atoms with Crippen LogP contribution in [0.1, 0.15) is 29.7 Å². The zero-order valence-electron chi connectivity index (χ0n) is 12.0. The van der Waals surface area contributed by atoms with Gasteiger partial charge in [0.15, 0.2) is 5.13 Å². The van der Waals surface area contributed by atoms with Crippen molar-refractivity contribution in [2.24, 2.45) is 0 Å². The normalized spacial score (nSPS) is 13.7. The number of benzene rings is 1. The van der Waals surface area contributed by atoms with Crippen molar-refractivity contribution in [3.63, 3.8) is 0 Å². The van der Waals surface area contributed by atoms with E-state index in [1.54, 1.807) is 5.38 Å². The topological polar surface area (TPSA) is 108 Å². The maximum Gasteiger partial charge on any atom is 0.312 e. The first kappa shape index (κ1) is 16.4. The molecule has 1 heterocycles. The summed E-state index contributed by atoms with van der Waals surface area (Å²) in [6.45, 7) is 0.841. The van der Waals surface area contributed by atoms with Crippen LogP contribution in [-0.4, -0.2) is 34.3 Å². The van der Waals surface area contributed by atoms with Gasteiger partial charge < -0.3 is 21.3 Å². The SMILES string of the molecule is Nc1nc([C@@H](CCNC[C@H](O)c2ccccc2)C(=O)O)cs1. The summed E-state index contributed by atoms with van der Waals surface area (Å²) in [5, 5.41) is 24.4. The summed E-state index contributed by atoms with van der Waals surface area (Å²) in [5.74, 6) is -1.61. The van der Waals surface area contributed by atoms with Crippen LogP contribution in [0.25, 0.3) is 0 Å². The molecule has 0 saturated heterocycles. The van der Waals surface area contributed by atoms with Gasteiger partial charge >= 0.3 is 5.97 Å². The number of nitrogens with zero attached hydrogens (tertiary/aromatic N) is 1. The first-order valence-corrected chi connectivity index (χ1v) is 7.83. The second-order valence-electron chi connectivity index (χ2n) is 4.92. The van der Waals surface area contributed by atoms with Gasteiger partial charge in [0.2, 0.25) is 0 Å². The van der Waals surface area contributed by atoms with E-state index in [1.807, 2.05) is 30.3 Å². The highest BCUT2D eigenvalue weighted by atomic mass is 32.1. The summed E-state index contributed by atoms with van der Waals surface area (Å²) in [5.41, 5.74) is 6.86. The summed E-state index contributed by atoms with van der Waals surface area (Å²) < 4.78 is 0. The molecule has 0 saturated carbocycles. The van der Waals surface area contributed by atoms with Crippen molar-refractivity contribution in [2.75, 3.05) is 18.8 Å². The molecule has 0 fully saturated rings. The van der Waals surface area contributed by atoms with E-state index < -0.39 is 18.0 Å². The minimum absolute atomic E-state index is 0.369. The summed E-state index contributed by atoms with van der Waals surface area (Å²) >= 11 is 1.23. The predicted octanol–water partition coefficient (Wildman–Crippen LogP) is 1.61. The fraction of sp³-hybridized carbons (Fsp3) is 0.333. The van der Waals surface area contributed by atoms with Crippen LogP contribution in [0.5, 0.6) is 0 Å². The first-order valence-electron chi connectivity index (χ1n) is 6.95. The number of thiazole rings is 1. The van der Waals surface area contributed by atoms with Gasteiger partial charge in [0.1, 0.15) is 5.92 Å².